The minimum atomic E-state index is -0.286. The number of carbonyl (C=O) groups excluding carboxylic acids is 1. The molecule has 26 heavy (non-hydrogen) atoms. The molecule has 7 heteroatoms. The fraction of sp³-hybridized carbons (Fsp3) is 0.158. The number of H-pyrrole nitrogens is 1. The van der Waals surface area contributed by atoms with Crippen LogP contribution in [0, 0.1) is 6.92 Å². The van der Waals surface area contributed by atoms with Crippen molar-refractivity contribution in [3.63, 3.8) is 0 Å². The summed E-state index contributed by atoms with van der Waals surface area (Å²) in [6, 6.07) is 17.1. The molecule has 1 aromatic heterocycles. The van der Waals surface area contributed by atoms with Gasteiger partial charge >= 0.3 is 0 Å². The molecule has 0 aliphatic heterocycles. The molecule has 1 heterocycles. The number of nitrogens with one attached hydrogen (secondary N) is 2. The Morgan fingerprint density at radius 3 is 2.50 bits per heavy atom. The molecular formula is C19H18N4O2S. The number of rotatable bonds is 6. The Morgan fingerprint density at radius 2 is 1.81 bits per heavy atom. The Bertz CT molecular complexity index is 940. The zero-order chi connectivity index (χ0) is 18.4. The molecule has 0 radical (unpaired) electrons. The molecule has 0 bridgehead atoms. The highest BCUT2D eigenvalue weighted by molar-refractivity contribution is 7.99. The van der Waals surface area contributed by atoms with Crippen molar-refractivity contribution in [2.24, 2.45) is 0 Å². The van der Waals surface area contributed by atoms with E-state index in [0.29, 0.717) is 17.3 Å². The van der Waals surface area contributed by atoms with Gasteiger partial charge in [0.05, 0.1) is 5.75 Å². The first-order valence-corrected chi connectivity index (χ1v) is 9.08. The summed E-state index contributed by atoms with van der Waals surface area (Å²) in [6.07, 6.45) is 0.419. The largest absolute Gasteiger partial charge is 0.325 e. The molecule has 0 atom stereocenters. The van der Waals surface area contributed by atoms with Crippen molar-refractivity contribution in [3.05, 3.63) is 81.8 Å². The monoisotopic (exact) mass is 366 g/mol. The number of hydrogen-bond acceptors (Lipinski definition) is 5. The third kappa shape index (κ3) is 5.03. The second-order valence-corrected chi connectivity index (χ2v) is 6.74. The fourth-order valence-corrected chi connectivity index (χ4v) is 2.88. The number of carbonyl (C=O) groups is 1. The molecule has 0 fully saturated rings. The van der Waals surface area contributed by atoms with Crippen LogP contribution >= 0.6 is 11.8 Å². The number of aromatic nitrogens is 3. The van der Waals surface area contributed by atoms with Gasteiger partial charge in [0, 0.05) is 12.1 Å². The first-order chi connectivity index (χ1) is 12.6. The summed E-state index contributed by atoms with van der Waals surface area (Å²) in [5.41, 5.74) is 2.96. The molecule has 6 nitrogen and oxygen atoms in total. The lowest BCUT2D eigenvalue weighted by Gasteiger charge is -2.05. The number of hydrogen-bond donors (Lipinski definition) is 2. The SMILES string of the molecule is Cc1ccc(Cc2nnc(SCC(=O)Nc3ccccc3)[nH]c2=O)cc1. The number of anilines is 1. The van der Waals surface area contributed by atoms with Gasteiger partial charge in [-0.15, -0.1) is 10.2 Å². The number of thioether (sulfide) groups is 1. The minimum absolute atomic E-state index is 0.136. The molecule has 0 aliphatic carbocycles. The van der Waals surface area contributed by atoms with Crippen molar-refractivity contribution in [2.45, 2.75) is 18.5 Å². The highest BCUT2D eigenvalue weighted by atomic mass is 32.2. The van der Waals surface area contributed by atoms with Gasteiger partial charge in [0.1, 0.15) is 5.69 Å². The quantitative estimate of drug-likeness (QED) is 0.655. The van der Waals surface area contributed by atoms with Crippen LogP contribution in [0.2, 0.25) is 0 Å². The fourth-order valence-electron chi connectivity index (χ4n) is 2.28. The maximum atomic E-state index is 12.2. The van der Waals surface area contributed by atoms with Crippen molar-refractivity contribution >= 4 is 23.4 Å². The third-order valence-corrected chi connectivity index (χ3v) is 4.50. The summed E-state index contributed by atoms with van der Waals surface area (Å²) in [6.45, 7) is 2.01. The van der Waals surface area contributed by atoms with E-state index in [9.17, 15) is 9.59 Å². The van der Waals surface area contributed by atoms with E-state index in [1.54, 1.807) is 0 Å². The maximum Gasteiger partial charge on any atom is 0.273 e. The van der Waals surface area contributed by atoms with Crippen LogP contribution in [0.25, 0.3) is 0 Å². The van der Waals surface area contributed by atoms with Gasteiger partial charge in [-0.1, -0.05) is 59.8 Å². The van der Waals surface area contributed by atoms with Gasteiger partial charge in [-0.3, -0.25) is 14.6 Å². The summed E-state index contributed by atoms with van der Waals surface area (Å²) < 4.78 is 0. The third-order valence-electron chi connectivity index (χ3n) is 3.63. The van der Waals surface area contributed by atoms with Crippen LogP contribution < -0.4 is 10.9 Å². The topological polar surface area (TPSA) is 87.7 Å². The van der Waals surface area contributed by atoms with Crippen LogP contribution in [-0.4, -0.2) is 26.8 Å². The zero-order valence-corrected chi connectivity index (χ0v) is 15.0. The van der Waals surface area contributed by atoms with Gasteiger partial charge in [0.25, 0.3) is 5.56 Å². The van der Waals surface area contributed by atoms with E-state index in [2.05, 4.69) is 20.5 Å². The molecule has 0 aliphatic rings. The number of benzene rings is 2. The summed E-state index contributed by atoms with van der Waals surface area (Å²) in [4.78, 5) is 26.8. The molecule has 0 unspecified atom stereocenters. The van der Waals surface area contributed by atoms with E-state index in [1.165, 1.54) is 0 Å². The molecule has 0 spiro atoms. The van der Waals surface area contributed by atoms with Gasteiger partial charge in [-0.2, -0.15) is 0 Å². The van der Waals surface area contributed by atoms with Crippen LogP contribution in [0.3, 0.4) is 0 Å². The van der Waals surface area contributed by atoms with Crippen LogP contribution in [0.1, 0.15) is 16.8 Å². The normalized spacial score (nSPS) is 10.5. The number of para-hydroxylation sites is 1. The lowest BCUT2D eigenvalue weighted by Crippen LogP contribution is -2.19. The first-order valence-electron chi connectivity index (χ1n) is 8.09. The second-order valence-electron chi connectivity index (χ2n) is 5.77. The van der Waals surface area contributed by atoms with Gasteiger partial charge in [0.15, 0.2) is 5.16 Å². The lowest BCUT2D eigenvalue weighted by atomic mass is 10.1. The number of aryl methyl sites for hydroxylation is 1. The highest BCUT2D eigenvalue weighted by Crippen LogP contribution is 2.12. The Morgan fingerprint density at radius 1 is 1.08 bits per heavy atom. The van der Waals surface area contributed by atoms with Crippen molar-refractivity contribution in [2.75, 3.05) is 11.1 Å². The minimum Gasteiger partial charge on any atom is -0.325 e. The first kappa shape index (κ1) is 17.9. The summed E-state index contributed by atoms with van der Waals surface area (Å²) >= 11 is 1.14. The van der Waals surface area contributed by atoms with E-state index in [4.69, 9.17) is 0 Å². The van der Waals surface area contributed by atoms with Gasteiger partial charge in [-0.25, -0.2) is 0 Å². The number of amides is 1. The number of nitrogens with zero attached hydrogens (tertiary/aromatic N) is 2. The van der Waals surface area contributed by atoms with E-state index in [-0.39, 0.29) is 17.2 Å². The Hall–Kier alpha value is -2.93. The summed E-state index contributed by atoms with van der Waals surface area (Å²) in [5, 5.41) is 11.1. The van der Waals surface area contributed by atoms with Gasteiger partial charge in [-0.05, 0) is 24.6 Å². The molecule has 132 valence electrons. The van der Waals surface area contributed by atoms with Crippen molar-refractivity contribution in [3.8, 4) is 0 Å². The number of aromatic amines is 1. The molecule has 0 saturated heterocycles. The van der Waals surface area contributed by atoms with E-state index in [1.807, 2.05) is 61.5 Å². The van der Waals surface area contributed by atoms with Crippen LogP contribution in [-0.2, 0) is 11.2 Å². The molecule has 1 amide bonds. The molecule has 0 saturated carbocycles. The van der Waals surface area contributed by atoms with E-state index in [0.717, 1.165) is 28.6 Å². The van der Waals surface area contributed by atoms with Gasteiger partial charge < -0.3 is 5.32 Å². The van der Waals surface area contributed by atoms with E-state index < -0.39 is 0 Å². The summed E-state index contributed by atoms with van der Waals surface area (Å²) in [5.74, 6) is -0.0378. The molecule has 3 aromatic rings. The Labute approximate surface area is 155 Å². The smallest absolute Gasteiger partial charge is 0.273 e. The summed E-state index contributed by atoms with van der Waals surface area (Å²) in [7, 11) is 0. The average Bonchev–Trinajstić information content (AvgIpc) is 2.64. The van der Waals surface area contributed by atoms with Crippen LogP contribution in [0.5, 0.6) is 0 Å². The van der Waals surface area contributed by atoms with E-state index >= 15 is 0 Å². The second kappa shape index (κ2) is 8.44. The van der Waals surface area contributed by atoms with Crippen molar-refractivity contribution < 1.29 is 4.79 Å². The van der Waals surface area contributed by atoms with Crippen LogP contribution in [0.15, 0.2) is 64.5 Å². The standard InChI is InChI=1S/C19H18N4O2S/c1-13-7-9-14(10-8-13)11-16-18(25)21-19(23-22-16)26-12-17(24)20-15-5-3-2-4-6-15/h2-10H,11-12H2,1H3,(H,20,24)(H,21,23,25). The zero-order valence-electron chi connectivity index (χ0n) is 14.2. The molecular weight excluding hydrogens is 348 g/mol. The van der Waals surface area contributed by atoms with Crippen molar-refractivity contribution in [1.82, 2.24) is 15.2 Å². The predicted molar refractivity (Wildman–Crippen MR) is 102 cm³/mol. The average molecular weight is 366 g/mol. The Balaban J connectivity index is 1.58. The predicted octanol–water partition coefficient (Wildman–Crippen LogP) is 2.79. The molecule has 2 N–H and O–H groups in total. The highest BCUT2D eigenvalue weighted by Gasteiger charge is 2.09. The van der Waals surface area contributed by atoms with Gasteiger partial charge in [0.2, 0.25) is 5.91 Å². The Kier molecular flexibility index (Phi) is 5.80. The molecule has 2 aromatic carbocycles. The maximum absolute atomic E-state index is 12.2. The lowest BCUT2D eigenvalue weighted by molar-refractivity contribution is -0.113. The molecule has 3 rings (SSSR count). The van der Waals surface area contributed by atoms with Crippen LogP contribution in [0.4, 0.5) is 5.69 Å². The van der Waals surface area contributed by atoms with Crippen molar-refractivity contribution in [1.29, 1.82) is 0 Å².